The lowest BCUT2D eigenvalue weighted by atomic mass is 9.99. The van der Waals surface area contributed by atoms with E-state index in [1.807, 2.05) is 11.8 Å². The predicted molar refractivity (Wildman–Crippen MR) is 119 cm³/mol. The standard InChI is InChI=1S/C23H32N6O3/c1-3-7-20(30)27-12-9-17-18(15-27)25-21(26-22(17)31)19-8-5-6-11-29(19)23(32)16-13-24-28(14-16)10-4-2/h13-14,19H,3-12,15H2,1-2H3,(H,25,26,31)/t19-/m0/s1. The maximum absolute atomic E-state index is 13.3. The third-order valence-electron chi connectivity index (χ3n) is 6.32. The van der Waals surface area contributed by atoms with Crippen molar-refractivity contribution in [2.45, 2.75) is 77.9 Å². The van der Waals surface area contributed by atoms with Gasteiger partial charge in [0.1, 0.15) is 5.82 Å². The van der Waals surface area contributed by atoms with E-state index in [1.54, 1.807) is 22.0 Å². The van der Waals surface area contributed by atoms with Gasteiger partial charge in [-0.1, -0.05) is 13.8 Å². The maximum Gasteiger partial charge on any atom is 0.257 e. The van der Waals surface area contributed by atoms with Crippen molar-refractivity contribution in [3.8, 4) is 0 Å². The molecule has 0 aliphatic carbocycles. The first kappa shape index (κ1) is 22.2. The molecule has 4 rings (SSSR count). The lowest BCUT2D eigenvalue weighted by Crippen LogP contribution is -2.42. The number of fused-ring (bicyclic) bond motifs is 1. The first-order valence-electron chi connectivity index (χ1n) is 11.7. The van der Waals surface area contributed by atoms with Gasteiger partial charge in [0, 0.05) is 37.8 Å². The molecule has 0 aromatic carbocycles. The van der Waals surface area contributed by atoms with Gasteiger partial charge >= 0.3 is 0 Å². The molecule has 0 saturated carbocycles. The van der Waals surface area contributed by atoms with Gasteiger partial charge < -0.3 is 14.8 Å². The number of carbonyl (C=O) groups excluding carboxylic acids is 2. The van der Waals surface area contributed by atoms with Crippen LogP contribution < -0.4 is 5.56 Å². The molecule has 172 valence electrons. The average molecular weight is 441 g/mol. The Hall–Kier alpha value is -2.97. The number of nitrogens with zero attached hydrogens (tertiary/aromatic N) is 5. The highest BCUT2D eigenvalue weighted by Crippen LogP contribution is 2.30. The number of aryl methyl sites for hydroxylation is 1. The molecule has 2 aliphatic heterocycles. The highest BCUT2D eigenvalue weighted by atomic mass is 16.2. The van der Waals surface area contributed by atoms with E-state index in [0.29, 0.717) is 55.1 Å². The topological polar surface area (TPSA) is 104 Å². The van der Waals surface area contributed by atoms with Gasteiger partial charge in [-0.25, -0.2) is 4.98 Å². The number of aromatic amines is 1. The molecule has 2 aliphatic rings. The monoisotopic (exact) mass is 440 g/mol. The summed E-state index contributed by atoms with van der Waals surface area (Å²) in [4.78, 5) is 49.8. The van der Waals surface area contributed by atoms with E-state index in [9.17, 15) is 14.4 Å². The van der Waals surface area contributed by atoms with E-state index < -0.39 is 0 Å². The van der Waals surface area contributed by atoms with Gasteiger partial charge in [-0.15, -0.1) is 0 Å². The Kier molecular flexibility index (Phi) is 6.72. The van der Waals surface area contributed by atoms with E-state index in [0.717, 1.165) is 38.6 Å². The van der Waals surface area contributed by atoms with Crippen LogP contribution in [0.5, 0.6) is 0 Å². The molecular formula is C23H32N6O3. The number of H-pyrrole nitrogens is 1. The van der Waals surface area contributed by atoms with Crippen molar-refractivity contribution in [1.82, 2.24) is 29.5 Å². The molecule has 0 bridgehead atoms. The minimum Gasteiger partial charge on any atom is -0.336 e. The van der Waals surface area contributed by atoms with Crippen LogP contribution in [0.2, 0.25) is 0 Å². The molecule has 4 heterocycles. The summed E-state index contributed by atoms with van der Waals surface area (Å²) in [5, 5.41) is 4.29. The molecule has 1 atom stereocenters. The Morgan fingerprint density at radius 3 is 2.81 bits per heavy atom. The summed E-state index contributed by atoms with van der Waals surface area (Å²) in [5.41, 5.74) is 1.72. The Labute approximate surface area is 187 Å². The van der Waals surface area contributed by atoms with Crippen LogP contribution in [0.25, 0.3) is 0 Å². The van der Waals surface area contributed by atoms with Gasteiger partial charge in [0.05, 0.1) is 30.0 Å². The summed E-state index contributed by atoms with van der Waals surface area (Å²) < 4.78 is 1.78. The van der Waals surface area contributed by atoms with E-state index in [4.69, 9.17) is 4.98 Å². The Morgan fingerprint density at radius 2 is 2.03 bits per heavy atom. The normalized spacial score (nSPS) is 18.5. The molecule has 1 N–H and O–H groups in total. The Bertz CT molecular complexity index is 1040. The number of likely N-dealkylation sites (tertiary alicyclic amines) is 1. The highest BCUT2D eigenvalue weighted by molar-refractivity contribution is 5.94. The number of piperidine rings is 1. The van der Waals surface area contributed by atoms with Crippen LogP contribution in [-0.2, 0) is 24.3 Å². The zero-order chi connectivity index (χ0) is 22.7. The molecule has 2 aromatic rings. The fourth-order valence-electron chi connectivity index (χ4n) is 4.65. The lowest BCUT2D eigenvalue weighted by molar-refractivity contribution is -0.132. The van der Waals surface area contributed by atoms with Crippen LogP contribution in [0, 0.1) is 0 Å². The predicted octanol–water partition coefficient (Wildman–Crippen LogP) is 2.43. The number of amides is 2. The van der Waals surface area contributed by atoms with E-state index in [2.05, 4.69) is 17.0 Å². The van der Waals surface area contributed by atoms with Crippen molar-refractivity contribution >= 4 is 11.8 Å². The van der Waals surface area contributed by atoms with Gasteiger partial charge in [0.15, 0.2) is 0 Å². The summed E-state index contributed by atoms with van der Waals surface area (Å²) in [6.07, 6.45) is 8.78. The van der Waals surface area contributed by atoms with Gasteiger partial charge in [0.2, 0.25) is 5.91 Å². The van der Waals surface area contributed by atoms with Crippen molar-refractivity contribution in [3.63, 3.8) is 0 Å². The Morgan fingerprint density at radius 1 is 1.19 bits per heavy atom. The summed E-state index contributed by atoms with van der Waals surface area (Å²) in [6.45, 7) is 6.34. The molecule has 32 heavy (non-hydrogen) atoms. The second-order valence-corrected chi connectivity index (χ2v) is 8.69. The first-order chi connectivity index (χ1) is 15.5. The average Bonchev–Trinajstić information content (AvgIpc) is 3.27. The second kappa shape index (κ2) is 9.67. The molecule has 2 amide bonds. The third kappa shape index (κ3) is 4.47. The van der Waals surface area contributed by atoms with Crippen molar-refractivity contribution in [2.24, 2.45) is 0 Å². The summed E-state index contributed by atoms with van der Waals surface area (Å²) in [6, 6.07) is -0.287. The molecular weight excluding hydrogens is 408 g/mol. The summed E-state index contributed by atoms with van der Waals surface area (Å²) >= 11 is 0. The molecule has 0 spiro atoms. The zero-order valence-electron chi connectivity index (χ0n) is 19.0. The molecule has 1 saturated heterocycles. The molecule has 0 radical (unpaired) electrons. The molecule has 1 fully saturated rings. The number of hydrogen-bond donors (Lipinski definition) is 1. The summed E-state index contributed by atoms with van der Waals surface area (Å²) in [7, 11) is 0. The minimum atomic E-state index is -0.287. The van der Waals surface area contributed by atoms with E-state index in [-0.39, 0.29) is 23.4 Å². The van der Waals surface area contributed by atoms with Crippen molar-refractivity contribution in [1.29, 1.82) is 0 Å². The van der Waals surface area contributed by atoms with Crippen LogP contribution in [0.15, 0.2) is 17.2 Å². The molecule has 9 heteroatoms. The maximum atomic E-state index is 13.3. The van der Waals surface area contributed by atoms with E-state index in [1.165, 1.54) is 0 Å². The van der Waals surface area contributed by atoms with Crippen molar-refractivity contribution < 1.29 is 9.59 Å². The SMILES string of the molecule is CCCC(=O)N1CCc2c(nc([C@@H]3CCCCN3C(=O)c3cnn(CCC)c3)[nH]c2=O)C1. The van der Waals surface area contributed by atoms with Crippen LogP contribution >= 0.6 is 0 Å². The number of rotatable bonds is 6. The molecule has 0 unspecified atom stereocenters. The minimum absolute atomic E-state index is 0.0860. The largest absolute Gasteiger partial charge is 0.336 e. The number of hydrogen-bond acceptors (Lipinski definition) is 5. The number of nitrogens with one attached hydrogen (secondary N) is 1. The third-order valence-corrected chi connectivity index (χ3v) is 6.32. The van der Waals surface area contributed by atoms with Crippen LogP contribution in [0.3, 0.4) is 0 Å². The van der Waals surface area contributed by atoms with Gasteiger partial charge in [0.25, 0.3) is 11.5 Å². The van der Waals surface area contributed by atoms with Crippen LogP contribution in [0.1, 0.15) is 85.9 Å². The Balaban J connectivity index is 1.60. The quantitative estimate of drug-likeness (QED) is 0.743. The lowest BCUT2D eigenvalue weighted by Gasteiger charge is -2.35. The van der Waals surface area contributed by atoms with Crippen LogP contribution in [0.4, 0.5) is 0 Å². The van der Waals surface area contributed by atoms with Gasteiger partial charge in [-0.2, -0.15) is 5.10 Å². The number of aromatic nitrogens is 4. The summed E-state index contributed by atoms with van der Waals surface area (Å²) in [5.74, 6) is 0.532. The highest BCUT2D eigenvalue weighted by Gasteiger charge is 2.33. The van der Waals surface area contributed by atoms with Crippen molar-refractivity contribution in [3.05, 3.63) is 45.4 Å². The number of carbonyl (C=O) groups is 2. The second-order valence-electron chi connectivity index (χ2n) is 8.69. The van der Waals surface area contributed by atoms with E-state index >= 15 is 0 Å². The van der Waals surface area contributed by atoms with Gasteiger partial charge in [-0.05, 0) is 38.5 Å². The smallest absolute Gasteiger partial charge is 0.257 e. The van der Waals surface area contributed by atoms with Crippen LogP contribution in [-0.4, -0.2) is 54.5 Å². The van der Waals surface area contributed by atoms with Gasteiger partial charge in [-0.3, -0.25) is 19.1 Å². The zero-order valence-corrected chi connectivity index (χ0v) is 19.0. The van der Waals surface area contributed by atoms with Crippen molar-refractivity contribution in [2.75, 3.05) is 13.1 Å². The molecule has 2 aromatic heterocycles. The fourth-order valence-corrected chi connectivity index (χ4v) is 4.65. The molecule has 9 nitrogen and oxygen atoms in total. The fraction of sp³-hybridized carbons (Fsp3) is 0.609. The first-order valence-corrected chi connectivity index (χ1v) is 11.7.